The Balaban J connectivity index is 1.63. The molecule has 1 aliphatic rings. The van der Waals surface area contributed by atoms with Crippen molar-refractivity contribution in [1.82, 2.24) is 25.1 Å². The highest BCUT2D eigenvalue weighted by Gasteiger charge is 2.25. The van der Waals surface area contributed by atoms with Crippen LogP contribution in [0.1, 0.15) is 12.0 Å². The van der Waals surface area contributed by atoms with Gasteiger partial charge < -0.3 is 10.2 Å². The summed E-state index contributed by atoms with van der Waals surface area (Å²) in [6.07, 6.45) is 4.47. The van der Waals surface area contributed by atoms with Crippen LogP contribution in [0.3, 0.4) is 0 Å². The average molecular weight is 350 g/mol. The van der Waals surface area contributed by atoms with E-state index >= 15 is 0 Å². The van der Waals surface area contributed by atoms with Crippen LogP contribution in [0.15, 0.2) is 36.8 Å². The van der Waals surface area contributed by atoms with Gasteiger partial charge in [-0.2, -0.15) is 10.4 Å². The van der Waals surface area contributed by atoms with Gasteiger partial charge in [0.25, 0.3) is 0 Å². The van der Waals surface area contributed by atoms with E-state index in [-0.39, 0.29) is 6.54 Å². The van der Waals surface area contributed by atoms with Gasteiger partial charge in [-0.25, -0.2) is 19.3 Å². The van der Waals surface area contributed by atoms with E-state index in [0.717, 1.165) is 0 Å². The fourth-order valence-corrected chi connectivity index (χ4v) is 2.87. The zero-order chi connectivity index (χ0) is 17.9. The van der Waals surface area contributed by atoms with Gasteiger partial charge >= 0.3 is 0 Å². The molecule has 8 nitrogen and oxygen atoms in total. The number of anilines is 3. The molecule has 130 valence electrons. The second-order valence-electron chi connectivity index (χ2n) is 5.90. The lowest BCUT2D eigenvalue weighted by molar-refractivity contribution is 0.364. The number of rotatable bonds is 4. The van der Waals surface area contributed by atoms with Crippen molar-refractivity contribution < 1.29 is 4.39 Å². The summed E-state index contributed by atoms with van der Waals surface area (Å²) in [7, 11) is 0. The van der Waals surface area contributed by atoms with E-state index in [1.807, 2.05) is 0 Å². The molecule has 1 fully saturated rings. The van der Waals surface area contributed by atoms with Crippen LogP contribution in [-0.4, -0.2) is 44.4 Å². The highest BCUT2D eigenvalue weighted by atomic mass is 19.1. The highest BCUT2D eigenvalue weighted by molar-refractivity contribution is 5.67. The first-order valence-electron chi connectivity index (χ1n) is 8.12. The number of H-pyrrole nitrogens is 1. The van der Waals surface area contributed by atoms with Gasteiger partial charge in [0.05, 0.1) is 24.0 Å². The van der Waals surface area contributed by atoms with E-state index in [2.05, 4.69) is 36.5 Å². The molecule has 4 rings (SSSR count). The molecular weight excluding hydrogens is 335 g/mol. The lowest BCUT2D eigenvalue weighted by atomic mass is 10.1. The fraction of sp³-hybridized carbons (Fsp3) is 0.235. The fourth-order valence-electron chi connectivity index (χ4n) is 2.87. The molecule has 2 N–H and O–H groups in total. The smallest absolute Gasteiger partial charge is 0.228 e. The third-order valence-corrected chi connectivity index (χ3v) is 4.12. The summed E-state index contributed by atoms with van der Waals surface area (Å²) < 4.78 is 13.5. The summed E-state index contributed by atoms with van der Waals surface area (Å²) in [5, 5.41) is 19.1. The number of hydrogen-bond acceptors (Lipinski definition) is 7. The van der Waals surface area contributed by atoms with Crippen molar-refractivity contribution in [1.29, 1.82) is 5.26 Å². The molecule has 0 amide bonds. The first-order chi connectivity index (χ1) is 12.7. The lowest BCUT2D eigenvalue weighted by Gasteiger charge is -2.18. The molecule has 0 aliphatic carbocycles. The summed E-state index contributed by atoms with van der Waals surface area (Å²) in [5.41, 5.74) is 1.72. The maximum atomic E-state index is 13.5. The summed E-state index contributed by atoms with van der Waals surface area (Å²) in [5.74, 6) is 1.58. The largest absolute Gasteiger partial charge is 0.352 e. The first-order valence-corrected chi connectivity index (χ1v) is 8.12. The van der Waals surface area contributed by atoms with Crippen molar-refractivity contribution in [2.75, 3.05) is 23.3 Å². The zero-order valence-electron chi connectivity index (χ0n) is 13.7. The molecule has 1 aliphatic heterocycles. The van der Waals surface area contributed by atoms with Gasteiger partial charge in [-0.15, -0.1) is 0 Å². The predicted octanol–water partition coefficient (Wildman–Crippen LogP) is 2.43. The second-order valence-corrected chi connectivity index (χ2v) is 5.90. The molecule has 9 heteroatoms. The molecule has 1 atom stereocenters. The Morgan fingerprint density at radius 2 is 2.23 bits per heavy atom. The third kappa shape index (κ3) is 3.17. The maximum absolute atomic E-state index is 13.5. The minimum Gasteiger partial charge on any atom is -0.352 e. The first kappa shape index (κ1) is 16.0. The Hall–Kier alpha value is -3.54. The number of hydrogen-bond donors (Lipinski definition) is 2. The molecule has 26 heavy (non-hydrogen) atoms. The van der Waals surface area contributed by atoms with Gasteiger partial charge in [-0.05, 0) is 18.6 Å². The maximum Gasteiger partial charge on any atom is 0.228 e. The molecule has 0 spiro atoms. The van der Waals surface area contributed by atoms with Crippen molar-refractivity contribution in [3.05, 3.63) is 42.4 Å². The number of pyridine rings is 1. The Bertz CT molecular complexity index is 950. The Morgan fingerprint density at radius 1 is 1.31 bits per heavy atom. The van der Waals surface area contributed by atoms with E-state index in [1.54, 1.807) is 41.7 Å². The molecule has 0 bridgehead atoms. The Kier molecular flexibility index (Phi) is 4.15. The van der Waals surface area contributed by atoms with Gasteiger partial charge in [0.1, 0.15) is 23.9 Å². The van der Waals surface area contributed by atoms with Crippen molar-refractivity contribution in [3.8, 4) is 17.3 Å². The Labute approximate surface area is 148 Å². The minimum atomic E-state index is -0.874. The van der Waals surface area contributed by atoms with Gasteiger partial charge in [-0.1, -0.05) is 0 Å². The van der Waals surface area contributed by atoms with E-state index in [9.17, 15) is 9.65 Å². The normalized spacial score (nSPS) is 16.5. The topological polar surface area (TPSA) is 106 Å². The van der Waals surface area contributed by atoms with Crippen LogP contribution in [0.2, 0.25) is 0 Å². The standard InChI is InChI=1S/C17H15FN8/c18-13-3-6-26(10-13)16-11(8-19)7-12(9-21-16)14-1-4-20-17(23-14)24-15-2-5-22-25-15/h1-2,4-5,7,9,13H,3,6,10H2,(H2,20,22,23,24,25)/t13-/m0/s1. The van der Waals surface area contributed by atoms with Crippen molar-refractivity contribution in [2.24, 2.45) is 0 Å². The van der Waals surface area contributed by atoms with E-state index in [1.165, 1.54) is 0 Å². The summed E-state index contributed by atoms with van der Waals surface area (Å²) in [4.78, 5) is 14.8. The number of aromatic nitrogens is 5. The van der Waals surface area contributed by atoms with Gasteiger partial charge in [0.2, 0.25) is 5.95 Å². The van der Waals surface area contributed by atoms with E-state index in [0.29, 0.717) is 47.4 Å². The minimum absolute atomic E-state index is 0.271. The van der Waals surface area contributed by atoms with Crippen LogP contribution in [0, 0.1) is 11.3 Å². The number of nitrogens with zero attached hydrogens (tertiary/aromatic N) is 6. The van der Waals surface area contributed by atoms with Crippen LogP contribution < -0.4 is 10.2 Å². The second kappa shape index (κ2) is 6.76. The van der Waals surface area contributed by atoms with Crippen LogP contribution in [0.5, 0.6) is 0 Å². The lowest BCUT2D eigenvalue weighted by Crippen LogP contribution is -2.22. The van der Waals surface area contributed by atoms with Gasteiger partial charge in [-0.3, -0.25) is 5.10 Å². The summed E-state index contributed by atoms with van der Waals surface area (Å²) >= 11 is 0. The average Bonchev–Trinajstić information content (AvgIpc) is 3.33. The quantitative estimate of drug-likeness (QED) is 0.744. The van der Waals surface area contributed by atoms with Gasteiger partial charge in [0.15, 0.2) is 0 Å². The van der Waals surface area contributed by atoms with Gasteiger partial charge in [0, 0.05) is 30.6 Å². The molecule has 3 aromatic heterocycles. The number of aromatic amines is 1. The predicted molar refractivity (Wildman–Crippen MR) is 93.6 cm³/mol. The van der Waals surface area contributed by atoms with Crippen LogP contribution in [-0.2, 0) is 0 Å². The Morgan fingerprint density at radius 3 is 2.96 bits per heavy atom. The molecule has 4 heterocycles. The monoisotopic (exact) mass is 350 g/mol. The number of alkyl halides is 1. The third-order valence-electron chi connectivity index (χ3n) is 4.12. The van der Waals surface area contributed by atoms with Crippen molar-refractivity contribution in [3.63, 3.8) is 0 Å². The van der Waals surface area contributed by atoms with Crippen molar-refractivity contribution in [2.45, 2.75) is 12.6 Å². The molecule has 0 aromatic carbocycles. The summed E-state index contributed by atoms with van der Waals surface area (Å²) in [6, 6.07) is 7.37. The molecule has 3 aromatic rings. The number of nitrogens with one attached hydrogen (secondary N) is 2. The molecule has 0 radical (unpaired) electrons. The summed E-state index contributed by atoms with van der Waals surface area (Å²) in [6.45, 7) is 0.834. The highest BCUT2D eigenvalue weighted by Crippen LogP contribution is 2.27. The molecule has 0 saturated carbocycles. The van der Waals surface area contributed by atoms with Crippen LogP contribution in [0.4, 0.5) is 22.0 Å². The van der Waals surface area contributed by atoms with Crippen LogP contribution >= 0.6 is 0 Å². The molecular formula is C17H15FN8. The van der Waals surface area contributed by atoms with E-state index in [4.69, 9.17) is 0 Å². The molecule has 1 saturated heterocycles. The zero-order valence-corrected chi connectivity index (χ0v) is 13.7. The number of nitriles is 1. The molecule has 0 unspecified atom stereocenters. The van der Waals surface area contributed by atoms with Crippen LogP contribution in [0.25, 0.3) is 11.3 Å². The van der Waals surface area contributed by atoms with Crippen molar-refractivity contribution >= 4 is 17.6 Å². The van der Waals surface area contributed by atoms with E-state index < -0.39 is 6.17 Å². The SMILES string of the molecule is N#Cc1cc(-c2ccnc(Nc3ccn[nH]3)n2)cnc1N1CC[C@H](F)C1. The number of halogens is 1.